The van der Waals surface area contributed by atoms with E-state index in [1.165, 1.54) is 5.56 Å². The Labute approximate surface area is 97.3 Å². The second-order valence-corrected chi connectivity index (χ2v) is 4.21. The highest BCUT2D eigenvalue weighted by molar-refractivity contribution is 5.23. The molecule has 0 unspecified atom stereocenters. The molecule has 1 aromatic rings. The zero-order valence-corrected chi connectivity index (χ0v) is 9.61. The standard InChI is InChI=1S/C14H19NO/c1-2-12-16-14(8-10-15-11-9-14)13-6-4-3-5-7-13/h2-7,15H,1,8-12H2. The average molecular weight is 217 g/mol. The Bertz CT molecular complexity index is 328. The van der Waals surface area contributed by atoms with Gasteiger partial charge in [0.05, 0.1) is 12.2 Å². The van der Waals surface area contributed by atoms with Gasteiger partial charge in [0.15, 0.2) is 0 Å². The number of nitrogens with one attached hydrogen (secondary N) is 1. The van der Waals surface area contributed by atoms with E-state index in [1.54, 1.807) is 0 Å². The molecule has 0 bridgehead atoms. The normalized spacial score (nSPS) is 19.2. The van der Waals surface area contributed by atoms with Gasteiger partial charge >= 0.3 is 0 Å². The largest absolute Gasteiger partial charge is 0.366 e. The number of benzene rings is 1. The number of rotatable bonds is 4. The van der Waals surface area contributed by atoms with Crippen LogP contribution in [-0.4, -0.2) is 19.7 Å². The van der Waals surface area contributed by atoms with E-state index in [4.69, 9.17) is 4.74 Å². The Hall–Kier alpha value is -1.12. The molecule has 1 aromatic carbocycles. The molecule has 0 radical (unpaired) electrons. The zero-order chi connectivity index (χ0) is 11.3. The third-order valence-corrected chi connectivity index (χ3v) is 3.19. The maximum atomic E-state index is 6.05. The average Bonchev–Trinajstić information content (AvgIpc) is 2.38. The first-order valence-electron chi connectivity index (χ1n) is 5.88. The Morgan fingerprint density at radius 1 is 1.25 bits per heavy atom. The van der Waals surface area contributed by atoms with Gasteiger partial charge in [0.1, 0.15) is 0 Å². The summed E-state index contributed by atoms with van der Waals surface area (Å²) >= 11 is 0. The molecule has 1 aliphatic rings. The van der Waals surface area contributed by atoms with Crippen LogP contribution >= 0.6 is 0 Å². The minimum atomic E-state index is -0.110. The summed E-state index contributed by atoms with van der Waals surface area (Å²) in [6, 6.07) is 10.5. The van der Waals surface area contributed by atoms with Crippen molar-refractivity contribution in [3.05, 3.63) is 48.6 Å². The van der Waals surface area contributed by atoms with Crippen LogP contribution in [0.3, 0.4) is 0 Å². The number of hydrogen-bond donors (Lipinski definition) is 1. The highest BCUT2D eigenvalue weighted by atomic mass is 16.5. The van der Waals surface area contributed by atoms with E-state index in [-0.39, 0.29) is 5.60 Å². The highest BCUT2D eigenvalue weighted by Crippen LogP contribution is 2.34. The van der Waals surface area contributed by atoms with Crippen molar-refractivity contribution in [2.75, 3.05) is 19.7 Å². The van der Waals surface area contributed by atoms with E-state index in [1.807, 2.05) is 12.1 Å². The fourth-order valence-corrected chi connectivity index (χ4v) is 2.31. The van der Waals surface area contributed by atoms with E-state index in [0.717, 1.165) is 25.9 Å². The van der Waals surface area contributed by atoms with E-state index < -0.39 is 0 Å². The van der Waals surface area contributed by atoms with Gasteiger partial charge < -0.3 is 10.1 Å². The van der Waals surface area contributed by atoms with Crippen molar-refractivity contribution >= 4 is 0 Å². The summed E-state index contributed by atoms with van der Waals surface area (Å²) in [5.41, 5.74) is 1.18. The maximum absolute atomic E-state index is 6.05. The number of hydrogen-bond acceptors (Lipinski definition) is 2. The van der Waals surface area contributed by atoms with Gasteiger partial charge in [-0.2, -0.15) is 0 Å². The van der Waals surface area contributed by atoms with E-state index in [2.05, 4.69) is 36.2 Å². The molecule has 1 fully saturated rings. The molecule has 86 valence electrons. The summed E-state index contributed by atoms with van der Waals surface area (Å²) in [7, 11) is 0. The summed E-state index contributed by atoms with van der Waals surface area (Å²) in [5.74, 6) is 0. The van der Waals surface area contributed by atoms with Gasteiger partial charge in [-0.15, -0.1) is 6.58 Å². The van der Waals surface area contributed by atoms with Crippen molar-refractivity contribution in [1.82, 2.24) is 5.32 Å². The number of piperidine rings is 1. The predicted molar refractivity (Wildman–Crippen MR) is 66.4 cm³/mol. The van der Waals surface area contributed by atoms with Crippen LogP contribution < -0.4 is 5.32 Å². The smallest absolute Gasteiger partial charge is 0.0959 e. The van der Waals surface area contributed by atoms with Crippen LogP contribution in [0.15, 0.2) is 43.0 Å². The minimum Gasteiger partial charge on any atom is -0.366 e. The lowest BCUT2D eigenvalue weighted by Crippen LogP contribution is -2.41. The topological polar surface area (TPSA) is 21.3 Å². The van der Waals surface area contributed by atoms with Crippen molar-refractivity contribution < 1.29 is 4.74 Å². The van der Waals surface area contributed by atoms with Gasteiger partial charge in [-0.25, -0.2) is 0 Å². The Balaban J connectivity index is 2.22. The first-order chi connectivity index (χ1) is 7.87. The van der Waals surface area contributed by atoms with Crippen LogP contribution in [0.2, 0.25) is 0 Å². The Kier molecular flexibility index (Phi) is 3.75. The van der Waals surface area contributed by atoms with Gasteiger partial charge in [-0.1, -0.05) is 36.4 Å². The van der Waals surface area contributed by atoms with Crippen molar-refractivity contribution in [1.29, 1.82) is 0 Å². The summed E-state index contributed by atoms with van der Waals surface area (Å²) < 4.78 is 6.05. The first-order valence-corrected chi connectivity index (χ1v) is 5.88. The van der Waals surface area contributed by atoms with Crippen LogP contribution in [0.4, 0.5) is 0 Å². The molecule has 0 aliphatic carbocycles. The van der Waals surface area contributed by atoms with Crippen LogP contribution in [0.25, 0.3) is 0 Å². The molecule has 1 aliphatic heterocycles. The van der Waals surface area contributed by atoms with Gasteiger partial charge in [0, 0.05) is 0 Å². The fourth-order valence-electron chi connectivity index (χ4n) is 2.31. The summed E-state index contributed by atoms with van der Waals surface area (Å²) in [5, 5.41) is 3.38. The molecule has 0 saturated carbocycles. The molecule has 2 nitrogen and oxygen atoms in total. The van der Waals surface area contributed by atoms with Crippen LogP contribution in [-0.2, 0) is 10.3 Å². The summed E-state index contributed by atoms with van der Waals surface area (Å²) in [6.07, 6.45) is 3.89. The SMILES string of the molecule is C=CCOC1(c2ccccc2)CCNCC1. The third kappa shape index (κ3) is 2.34. The maximum Gasteiger partial charge on any atom is 0.0959 e. The van der Waals surface area contributed by atoms with Crippen molar-refractivity contribution in [3.8, 4) is 0 Å². The molecule has 1 saturated heterocycles. The monoisotopic (exact) mass is 217 g/mol. The molecule has 16 heavy (non-hydrogen) atoms. The van der Waals surface area contributed by atoms with E-state index in [9.17, 15) is 0 Å². The van der Waals surface area contributed by atoms with Crippen molar-refractivity contribution in [3.63, 3.8) is 0 Å². The van der Waals surface area contributed by atoms with E-state index >= 15 is 0 Å². The lowest BCUT2D eigenvalue weighted by Gasteiger charge is -2.37. The van der Waals surface area contributed by atoms with Crippen molar-refractivity contribution in [2.24, 2.45) is 0 Å². The fraction of sp³-hybridized carbons (Fsp3) is 0.429. The van der Waals surface area contributed by atoms with Crippen LogP contribution in [0, 0.1) is 0 Å². The molecular weight excluding hydrogens is 198 g/mol. The predicted octanol–water partition coefficient (Wildman–Crippen LogP) is 2.47. The molecule has 0 spiro atoms. The summed E-state index contributed by atoms with van der Waals surface area (Å²) in [6.45, 7) is 6.39. The van der Waals surface area contributed by atoms with Gasteiger partial charge in [0.2, 0.25) is 0 Å². The van der Waals surface area contributed by atoms with Gasteiger partial charge in [-0.3, -0.25) is 0 Å². The second kappa shape index (κ2) is 5.28. The Morgan fingerprint density at radius 3 is 2.56 bits per heavy atom. The summed E-state index contributed by atoms with van der Waals surface area (Å²) in [4.78, 5) is 0. The molecule has 1 N–H and O–H groups in total. The van der Waals surface area contributed by atoms with Crippen LogP contribution in [0.5, 0.6) is 0 Å². The van der Waals surface area contributed by atoms with Crippen LogP contribution in [0.1, 0.15) is 18.4 Å². The second-order valence-electron chi connectivity index (χ2n) is 4.21. The molecule has 1 heterocycles. The molecule has 0 aromatic heterocycles. The molecular formula is C14H19NO. The lowest BCUT2D eigenvalue weighted by molar-refractivity contribution is -0.0581. The zero-order valence-electron chi connectivity index (χ0n) is 9.61. The molecule has 0 amide bonds. The molecule has 2 rings (SSSR count). The molecule has 2 heteroatoms. The Morgan fingerprint density at radius 2 is 1.94 bits per heavy atom. The quantitative estimate of drug-likeness (QED) is 0.782. The van der Waals surface area contributed by atoms with Crippen molar-refractivity contribution in [2.45, 2.75) is 18.4 Å². The lowest BCUT2D eigenvalue weighted by atomic mass is 9.85. The highest BCUT2D eigenvalue weighted by Gasteiger charge is 2.34. The van der Waals surface area contributed by atoms with E-state index in [0.29, 0.717) is 6.61 Å². The first kappa shape index (κ1) is 11.4. The van der Waals surface area contributed by atoms with Gasteiger partial charge in [-0.05, 0) is 31.5 Å². The molecule has 0 atom stereocenters. The number of ether oxygens (including phenoxy) is 1. The van der Waals surface area contributed by atoms with Gasteiger partial charge in [0.25, 0.3) is 0 Å². The minimum absolute atomic E-state index is 0.110. The third-order valence-electron chi connectivity index (χ3n) is 3.19.